The van der Waals surface area contributed by atoms with Crippen LogP contribution in [0.25, 0.3) is 0 Å². The van der Waals surface area contributed by atoms with Crippen LogP contribution in [-0.2, 0) is 16.0 Å². The van der Waals surface area contributed by atoms with Crippen molar-refractivity contribution in [2.45, 2.75) is 25.8 Å². The average molecular weight is 304 g/mol. The van der Waals surface area contributed by atoms with Gasteiger partial charge in [0.05, 0.1) is 0 Å². The minimum Gasteiger partial charge on any atom is -0.399 e. The molecule has 7 nitrogen and oxygen atoms in total. The molecule has 0 aromatic heterocycles. The highest BCUT2D eigenvalue weighted by Crippen LogP contribution is 2.20. The topological polar surface area (TPSA) is 105 Å². The summed E-state index contributed by atoms with van der Waals surface area (Å²) in [5.41, 5.74) is 6.35. The van der Waals surface area contributed by atoms with E-state index in [2.05, 4.69) is 10.6 Å². The number of carbonyl (C=O) groups excluding carboxylic acids is 3. The predicted molar refractivity (Wildman–Crippen MR) is 81.9 cm³/mol. The van der Waals surface area contributed by atoms with Crippen molar-refractivity contribution in [2.24, 2.45) is 0 Å². The molecule has 0 aliphatic carbocycles. The Bertz CT molecular complexity index is 595. The van der Waals surface area contributed by atoms with Crippen LogP contribution >= 0.6 is 0 Å². The third kappa shape index (κ3) is 3.36. The number of rotatable bonds is 5. The summed E-state index contributed by atoms with van der Waals surface area (Å²) in [4.78, 5) is 36.4. The van der Waals surface area contributed by atoms with E-state index in [1.807, 2.05) is 12.1 Å². The van der Waals surface area contributed by atoms with Crippen molar-refractivity contribution in [1.82, 2.24) is 15.5 Å². The molecule has 0 atom stereocenters. The summed E-state index contributed by atoms with van der Waals surface area (Å²) in [6, 6.07) is 6.87. The Hall–Kier alpha value is -2.57. The molecule has 22 heavy (non-hydrogen) atoms. The first-order chi connectivity index (χ1) is 10.3. The van der Waals surface area contributed by atoms with E-state index in [-0.39, 0.29) is 12.5 Å². The molecule has 118 valence electrons. The molecule has 0 saturated carbocycles. The Morgan fingerprint density at radius 1 is 1.27 bits per heavy atom. The fourth-order valence-corrected chi connectivity index (χ4v) is 2.19. The smallest absolute Gasteiger partial charge is 0.325 e. The number of anilines is 1. The van der Waals surface area contributed by atoms with Crippen LogP contribution in [0.5, 0.6) is 0 Å². The number of imide groups is 1. The standard InChI is InChI=1S/C15H20N4O3/c1-15(2)13(21)18-14(22)19(15)9-12(20)17-8-7-10-3-5-11(16)6-4-10/h3-6H,7-9,16H2,1-2H3,(H,17,20)(H,18,21,22). The zero-order valence-electron chi connectivity index (χ0n) is 12.7. The van der Waals surface area contributed by atoms with Gasteiger partial charge in [-0.05, 0) is 38.0 Å². The van der Waals surface area contributed by atoms with Crippen molar-refractivity contribution in [2.75, 3.05) is 18.8 Å². The maximum Gasteiger partial charge on any atom is 0.325 e. The van der Waals surface area contributed by atoms with E-state index < -0.39 is 17.5 Å². The van der Waals surface area contributed by atoms with Gasteiger partial charge in [-0.25, -0.2) is 4.79 Å². The summed E-state index contributed by atoms with van der Waals surface area (Å²) in [5.74, 6) is -0.694. The third-order valence-corrected chi connectivity index (χ3v) is 3.71. The number of hydrogen-bond donors (Lipinski definition) is 3. The molecule has 1 saturated heterocycles. The van der Waals surface area contributed by atoms with Gasteiger partial charge in [0.15, 0.2) is 0 Å². The van der Waals surface area contributed by atoms with E-state index in [4.69, 9.17) is 5.73 Å². The quantitative estimate of drug-likeness (QED) is 0.536. The van der Waals surface area contributed by atoms with Gasteiger partial charge in [-0.2, -0.15) is 0 Å². The zero-order valence-corrected chi connectivity index (χ0v) is 12.7. The number of urea groups is 1. The molecule has 1 aliphatic rings. The molecule has 1 aromatic rings. The van der Waals surface area contributed by atoms with E-state index >= 15 is 0 Å². The molecule has 2 rings (SSSR count). The lowest BCUT2D eigenvalue weighted by Gasteiger charge is -2.27. The van der Waals surface area contributed by atoms with E-state index in [0.29, 0.717) is 18.7 Å². The molecule has 4 amide bonds. The number of nitrogens with one attached hydrogen (secondary N) is 2. The number of hydrogen-bond acceptors (Lipinski definition) is 4. The van der Waals surface area contributed by atoms with E-state index in [0.717, 1.165) is 5.56 Å². The number of amides is 4. The highest BCUT2D eigenvalue weighted by Gasteiger charge is 2.46. The second kappa shape index (κ2) is 6.05. The second-order valence-electron chi connectivity index (χ2n) is 5.75. The molecule has 1 heterocycles. The highest BCUT2D eigenvalue weighted by molar-refractivity contribution is 6.07. The first kappa shape index (κ1) is 15.8. The fraction of sp³-hybridized carbons (Fsp3) is 0.400. The van der Waals surface area contributed by atoms with Crippen LogP contribution in [0.15, 0.2) is 24.3 Å². The average Bonchev–Trinajstić information content (AvgIpc) is 2.64. The van der Waals surface area contributed by atoms with E-state index in [1.54, 1.807) is 26.0 Å². The maximum atomic E-state index is 11.9. The van der Waals surface area contributed by atoms with E-state index in [9.17, 15) is 14.4 Å². The first-order valence-electron chi connectivity index (χ1n) is 7.05. The molecular weight excluding hydrogens is 284 g/mol. The van der Waals surface area contributed by atoms with Crippen molar-refractivity contribution in [3.05, 3.63) is 29.8 Å². The SMILES string of the molecule is CC1(C)C(=O)NC(=O)N1CC(=O)NCCc1ccc(N)cc1. The minimum absolute atomic E-state index is 0.147. The van der Waals surface area contributed by atoms with Crippen LogP contribution in [0.1, 0.15) is 19.4 Å². The number of carbonyl (C=O) groups is 3. The van der Waals surface area contributed by atoms with Crippen LogP contribution in [-0.4, -0.2) is 41.4 Å². The van der Waals surface area contributed by atoms with Crippen molar-refractivity contribution in [3.63, 3.8) is 0 Å². The van der Waals surface area contributed by atoms with Gasteiger partial charge in [-0.3, -0.25) is 14.9 Å². The van der Waals surface area contributed by atoms with Gasteiger partial charge in [-0.15, -0.1) is 0 Å². The third-order valence-electron chi connectivity index (χ3n) is 3.71. The lowest BCUT2D eigenvalue weighted by atomic mass is 10.0. The molecule has 0 spiro atoms. The molecule has 4 N–H and O–H groups in total. The number of nitrogens with zero attached hydrogens (tertiary/aromatic N) is 1. The van der Waals surface area contributed by atoms with Crippen LogP contribution in [0.2, 0.25) is 0 Å². The molecular formula is C15H20N4O3. The van der Waals surface area contributed by atoms with Gasteiger partial charge in [0.1, 0.15) is 12.1 Å². The second-order valence-corrected chi connectivity index (χ2v) is 5.75. The molecule has 1 aromatic carbocycles. The van der Waals surface area contributed by atoms with Crippen LogP contribution in [0.3, 0.4) is 0 Å². The normalized spacial score (nSPS) is 16.5. The Balaban J connectivity index is 1.82. The lowest BCUT2D eigenvalue weighted by molar-refractivity contribution is -0.127. The first-order valence-corrected chi connectivity index (χ1v) is 7.05. The Morgan fingerprint density at radius 3 is 2.45 bits per heavy atom. The van der Waals surface area contributed by atoms with Crippen molar-refractivity contribution in [3.8, 4) is 0 Å². The molecule has 0 radical (unpaired) electrons. The maximum absolute atomic E-state index is 11.9. The molecule has 1 aliphatic heterocycles. The number of nitrogen functional groups attached to an aromatic ring is 1. The number of nitrogens with two attached hydrogens (primary N) is 1. The van der Waals surface area contributed by atoms with Gasteiger partial charge in [-0.1, -0.05) is 12.1 Å². The highest BCUT2D eigenvalue weighted by atomic mass is 16.2. The largest absolute Gasteiger partial charge is 0.399 e. The van der Waals surface area contributed by atoms with Gasteiger partial charge in [0.25, 0.3) is 5.91 Å². The molecule has 0 bridgehead atoms. The van der Waals surface area contributed by atoms with Gasteiger partial charge >= 0.3 is 6.03 Å². The van der Waals surface area contributed by atoms with Crippen LogP contribution in [0, 0.1) is 0 Å². The van der Waals surface area contributed by atoms with Gasteiger partial charge in [0, 0.05) is 12.2 Å². The molecule has 1 fully saturated rings. The van der Waals surface area contributed by atoms with Crippen molar-refractivity contribution < 1.29 is 14.4 Å². The van der Waals surface area contributed by atoms with Gasteiger partial charge < -0.3 is 16.0 Å². The summed E-state index contributed by atoms with van der Waals surface area (Å²) in [5, 5.41) is 4.95. The molecule has 0 unspecified atom stereocenters. The monoisotopic (exact) mass is 304 g/mol. The van der Waals surface area contributed by atoms with Gasteiger partial charge in [0.2, 0.25) is 5.91 Å². The summed E-state index contributed by atoms with van der Waals surface area (Å²) in [6.45, 7) is 3.52. The van der Waals surface area contributed by atoms with Crippen molar-refractivity contribution in [1.29, 1.82) is 0 Å². The van der Waals surface area contributed by atoms with Crippen molar-refractivity contribution >= 4 is 23.5 Å². The summed E-state index contributed by atoms with van der Waals surface area (Å²) < 4.78 is 0. The van der Waals surface area contributed by atoms with Crippen LogP contribution < -0.4 is 16.4 Å². The summed E-state index contributed by atoms with van der Waals surface area (Å²) in [6.07, 6.45) is 0.667. The Kier molecular flexibility index (Phi) is 4.35. The van der Waals surface area contributed by atoms with Crippen LogP contribution in [0.4, 0.5) is 10.5 Å². The lowest BCUT2D eigenvalue weighted by Crippen LogP contribution is -2.49. The zero-order chi connectivity index (χ0) is 16.3. The predicted octanol–water partition coefficient (Wildman–Crippen LogP) is 0.258. The minimum atomic E-state index is -1.01. The molecule has 7 heteroatoms. The summed E-state index contributed by atoms with van der Waals surface area (Å²) >= 11 is 0. The summed E-state index contributed by atoms with van der Waals surface area (Å²) in [7, 11) is 0. The Labute approximate surface area is 128 Å². The number of benzene rings is 1. The Morgan fingerprint density at radius 2 is 1.91 bits per heavy atom. The van der Waals surface area contributed by atoms with E-state index in [1.165, 1.54) is 4.90 Å². The fourth-order valence-electron chi connectivity index (χ4n) is 2.19.